The van der Waals surface area contributed by atoms with E-state index in [1.807, 2.05) is 6.07 Å². The molecule has 1 aliphatic heterocycles. The Bertz CT molecular complexity index is 724. The van der Waals surface area contributed by atoms with Crippen LogP contribution in [0.25, 0.3) is 0 Å². The van der Waals surface area contributed by atoms with Gasteiger partial charge in [-0.1, -0.05) is 43.2 Å². The maximum absolute atomic E-state index is 13.7. The first-order valence-electron chi connectivity index (χ1n) is 11.2. The lowest BCUT2D eigenvalue weighted by Gasteiger charge is -2.32. The van der Waals surface area contributed by atoms with Gasteiger partial charge in [-0.15, -0.1) is 0 Å². The molecule has 1 fully saturated rings. The fraction of sp³-hybridized carbons (Fsp3) is 0.640. The summed E-state index contributed by atoms with van der Waals surface area (Å²) in [6, 6.07) is 9.01. The van der Waals surface area contributed by atoms with Gasteiger partial charge < -0.3 is 14.4 Å². The van der Waals surface area contributed by atoms with Crippen LogP contribution in [0.15, 0.2) is 30.3 Å². The summed E-state index contributed by atoms with van der Waals surface area (Å²) in [5.74, 6) is -4.08. The lowest BCUT2D eigenvalue weighted by Crippen LogP contribution is -2.46. The number of esters is 2. The number of benzene rings is 1. The van der Waals surface area contributed by atoms with Crippen molar-refractivity contribution < 1.29 is 23.9 Å². The van der Waals surface area contributed by atoms with E-state index < -0.39 is 35.0 Å². The molecule has 31 heavy (non-hydrogen) atoms. The average molecular weight is 432 g/mol. The molecule has 1 aliphatic rings. The topological polar surface area (TPSA) is 72.9 Å². The van der Waals surface area contributed by atoms with Crippen molar-refractivity contribution >= 4 is 17.8 Å². The van der Waals surface area contributed by atoms with E-state index in [9.17, 15) is 14.4 Å². The fourth-order valence-corrected chi connectivity index (χ4v) is 3.72. The largest absolute Gasteiger partial charge is 0.459 e. The number of rotatable bonds is 5. The summed E-state index contributed by atoms with van der Waals surface area (Å²) >= 11 is 0. The van der Waals surface area contributed by atoms with Gasteiger partial charge in [-0.05, 0) is 59.9 Å². The second-order valence-electron chi connectivity index (χ2n) is 10.2. The standard InChI is InChI=1S/C25H37NO5/c1-24(2,3)30-22(28)20(23(29)31-25(4,5)6)19(18-14-10-9-11-15-18)21(27)26-16-12-7-8-13-17-26/h9-11,14-15,19-20H,7-8,12-13,16-17H2,1-6H3/t19-/m1/s1. The molecular formula is C25H37NO5. The molecule has 1 atom stereocenters. The number of amides is 1. The number of hydrogen-bond donors (Lipinski definition) is 0. The van der Waals surface area contributed by atoms with Gasteiger partial charge in [0.05, 0.1) is 5.92 Å². The zero-order valence-electron chi connectivity index (χ0n) is 19.8. The van der Waals surface area contributed by atoms with Gasteiger partial charge in [0, 0.05) is 13.1 Å². The fourth-order valence-electron chi connectivity index (χ4n) is 3.72. The summed E-state index contributed by atoms with van der Waals surface area (Å²) in [4.78, 5) is 42.1. The summed E-state index contributed by atoms with van der Waals surface area (Å²) in [6.45, 7) is 11.7. The third-order valence-corrected chi connectivity index (χ3v) is 5.00. The van der Waals surface area contributed by atoms with Crippen molar-refractivity contribution in [3.63, 3.8) is 0 Å². The van der Waals surface area contributed by atoms with E-state index in [4.69, 9.17) is 9.47 Å². The molecule has 0 bridgehead atoms. The maximum Gasteiger partial charge on any atom is 0.322 e. The number of carbonyl (C=O) groups excluding carboxylic acids is 3. The highest BCUT2D eigenvalue weighted by Gasteiger charge is 2.46. The summed E-state index contributed by atoms with van der Waals surface area (Å²) in [5, 5.41) is 0. The van der Waals surface area contributed by atoms with Crippen LogP contribution in [0, 0.1) is 5.92 Å². The van der Waals surface area contributed by atoms with Crippen molar-refractivity contribution in [2.45, 2.75) is 84.3 Å². The van der Waals surface area contributed by atoms with Crippen molar-refractivity contribution in [1.29, 1.82) is 0 Å². The summed E-state index contributed by atoms with van der Waals surface area (Å²) in [5.41, 5.74) is -0.993. The first-order valence-corrected chi connectivity index (χ1v) is 11.2. The minimum atomic E-state index is -1.38. The van der Waals surface area contributed by atoms with E-state index in [2.05, 4.69) is 0 Å². The van der Waals surface area contributed by atoms with E-state index in [0.29, 0.717) is 18.7 Å². The van der Waals surface area contributed by atoms with Crippen molar-refractivity contribution in [2.24, 2.45) is 5.92 Å². The Morgan fingerprint density at radius 1 is 0.774 bits per heavy atom. The first-order chi connectivity index (χ1) is 14.4. The summed E-state index contributed by atoms with van der Waals surface area (Å²) in [7, 11) is 0. The van der Waals surface area contributed by atoms with Crippen LogP contribution in [0.5, 0.6) is 0 Å². The summed E-state index contributed by atoms with van der Waals surface area (Å²) < 4.78 is 11.2. The van der Waals surface area contributed by atoms with Crippen molar-refractivity contribution in [2.75, 3.05) is 13.1 Å². The van der Waals surface area contributed by atoms with Crippen LogP contribution in [0.1, 0.15) is 78.7 Å². The van der Waals surface area contributed by atoms with Gasteiger partial charge in [0.15, 0.2) is 5.92 Å². The minimum absolute atomic E-state index is 0.227. The number of nitrogens with zero attached hydrogens (tertiary/aromatic N) is 1. The molecule has 6 heteroatoms. The van der Waals surface area contributed by atoms with Crippen LogP contribution in [0.2, 0.25) is 0 Å². The highest BCUT2D eigenvalue weighted by atomic mass is 16.6. The number of hydrogen-bond acceptors (Lipinski definition) is 5. The predicted molar refractivity (Wildman–Crippen MR) is 119 cm³/mol. The van der Waals surface area contributed by atoms with E-state index >= 15 is 0 Å². The van der Waals surface area contributed by atoms with E-state index in [1.165, 1.54) is 0 Å². The van der Waals surface area contributed by atoms with Crippen LogP contribution in [-0.4, -0.2) is 47.0 Å². The van der Waals surface area contributed by atoms with E-state index in [-0.39, 0.29) is 5.91 Å². The molecule has 1 heterocycles. The second-order valence-corrected chi connectivity index (χ2v) is 10.2. The Morgan fingerprint density at radius 2 is 1.23 bits per heavy atom. The molecule has 0 N–H and O–H groups in total. The molecule has 1 aromatic carbocycles. The molecule has 6 nitrogen and oxygen atoms in total. The zero-order chi connectivity index (χ0) is 23.2. The highest BCUT2D eigenvalue weighted by Crippen LogP contribution is 2.32. The highest BCUT2D eigenvalue weighted by molar-refractivity contribution is 6.02. The van der Waals surface area contributed by atoms with Gasteiger partial charge in [-0.2, -0.15) is 0 Å². The van der Waals surface area contributed by atoms with Crippen LogP contribution in [-0.2, 0) is 23.9 Å². The lowest BCUT2D eigenvalue weighted by atomic mass is 9.84. The van der Waals surface area contributed by atoms with Gasteiger partial charge in [-0.3, -0.25) is 14.4 Å². The quantitative estimate of drug-likeness (QED) is 0.508. The van der Waals surface area contributed by atoms with E-state index in [0.717, 1.165) is 25.7 Å². The van der Waals surface area contributed by atoms with Crippen LogP contribution >= 0.6 is 0 Å². The Hall–Kier alpha value is -2.37. The molecule has 172 valence electrons. The Labute approximate surface area is 186 Å². The van der Waals surface area contributed by atoms with Gasteiger partial charge in [-0.25, -0.2) is 0 Å². The summed E-state index contributed by atoms with van der Waals surface area (Å²) in [6.07, 6.45) is 3.97. The normalized spacial score (nSPS) is 16.4. The Morgan fingerprint density at radius 3 is 1.65 bits per heavy atom. The number of carbonyl (C=O) groups is 3. The zero-order valence-corrected chi connectivity index (χ0v) is 19.8. The lowest BCUT2D eigenvalue weighted by molar-refractivity contribution is -0.177. The van der Waals surface area contributed by atoms with Crippen LogP contribution < -0.4 is 0 Å². The molecule has 0 aliphatic carbocycles. The maximum atomic E-state index is 13.7. The molecule has 2 rings (SSSR count). The van der Waals surface area contributed by atoms with E-state index in [1.54, 1.807) is 70.7 Å². The molecule has 0 aromatic heterocycles. The molecule has 1 saturated heterocycles. The first kappa shape index (κ1) is 24.9. The Kier molecular flexibility index (Phi) is 8.27. The van der Waals surface area contributed by atoms with Gasteiger partial charge in [0.25, 0.3) is 0 Å². The number of likely N-dealkylation sites (tertiary alicyclic amines) is 1. The molecule has 1 amide bonds. The van der Waals surface area contributed by atoms with Crippen LogP contribution in [0.4, 0.5) is 0 Å². The molecular weight excluding hydrogens is 394 g/mol. The molecule has 0 unspecified atom stereocenters. The minimum Gasteiger partial charge on any atom is -0.459 e. The molecule has 0 spiro atoms. The average Bonchev–Trinajstić information content (AvgIpc) is 2.92. The van der Waals surface area contributed by atoms with Gasteiger partial charge in [0.1, 0.15) is 11.2 Å². The SMILES string of the molecule is CC(C)(C)OC(=O)C(C(=O)OC(C)(C)C)[C@H](C(=O)N1CCCCCC1)c1ccccc1. The molecule has 0 saturated carbocycles. The van der Waals surface area contributed by atoms with Crippen molar-refractivity contribution in [1.82, 2.24) is 4.90 Å². The predicted octanol–water partition coefficient (Wildman–Crippen LogP) is 4.47. The van der Waals surface area contributed by atoms with Crippen molar-refractivity contribution in [3.05, 3.63) is 35.9 Å². The molecule has 1 aromatic rings. The number of ether oxygens (including phenoxy) is 2. The monoisotopic (exact) mass is 431 g/mol. The molecule has 0 radical (unpaired) electrons. The Balaban J connectivity index is 2.52. The van der Waals surface area contributed by atoms with Crippen molar-refractivity contribution in [3.8, 4) is 0 Å². The van der Waals surface area contributed by atoms with Gasteiger partial charge >= 0.3 is 11.9 Å². The third kappa shape index (κ3) is 7.67. The second kappa shape index (κ2) is 10.3. The smallest absolute Gasteiger partial charge is 0.322 e. The third-order valence-electron chi connectivity index (χ3n) is 5.00. The van der Waals surface area contributed by atoms with Gasteiger partial charge in [0.2, 0.25) is 5.91 Å². The van der Waals surface area contributed by atoms with Crippen LogP contribution in [0.3, 0.4) is 0 Å².